The second-order valence-electron chi connectivity index (χ2n) is 12.3. The number of aromatic nitrogens is 2. The minimum atomic E-state index is -5.00. The van der Waals surface area contributed by atoms with Crippen LogP contribution in [-0.4, -0.2) is 65.6 Å². The van der Waals surface area contributed by atoms with Crippen molar-refractivity contribution in [3.8, 4) is 0 Å². The van der Waals surface area contributed by atoms with Gasteiger partial charge >= 0.3 is 12.4 Å². The van der Waals surface area contributed by atoms with Crippen molar-refractivity contribution in [3.63, 3.8) is 0 Å². The predicted octanol–water partition coefficient (Wildman–Crippen LogP) is 6.15. The SMILES string of the molecule is Cc1cc(S(=O)(=O)C2CC3(CCN(C)CC3)C2)ccc1Nc1ncc(C(F)(F)F)c(C2CCCC(O)(C(F)(F)F)C2)n1. The summed E-state index contributed by atoms with van der Waals surface area (Å²) in [6.45, 7) is 3.53. The molecular weight excluding hydrogens is 586 g/mol. The number of alkyl halides is 6. The first-order valence-electron chi connectivity index (χ1n) is 14.0. The van der Waals surface area contributed by atoms with Gasteiger partial charge in [0, 0.05) is 17.8 Å². The highest BCUT2D eigenvalue weighted by molar-refractivity contribution is 7.92. The maximum absolute atomic E-state index is 13.8. The van der Waals surface area contributed by atoms with E-state index in [-0.39, 0.29) is 29.1 Å². The molecule has 42 heavy (non-hydrogen) atoms. The van der Waals surface area contributed by atoms with Gasteiger partial charge in [0.2, 0.25) is 5.95 Å². The molecule has 2 saturated carbocycles. The van der Waals surface area contributed by atoms with Gasteiger partial charge < -0.3 is 15.3 Å². The highest BCUT2D eigenvalue weighted by Crippen LogP contribution is 2.53. The number of sulfone groups is 1. The van der Waals surface area contributed by atoms with Crippen molar-refractivity contribution in [1.82, 2.24) is 14.9 Å². The minimum absolute atomic E-state index is 0.0112. The van der Waals surface area contributed by atoms with Gasteiger partial charge in [0.1, 0.15) is 0 Å². The van der Waals surface area contributed by atoms with Gasteiger partial charge in [0.25, 0.3) is 0 Å². The number of aliphatic hydroxyl groups is 1. The Hall–Kier alpha value is -2.45. The first kappa shape index (κ1) is 31.0. The number of hydrogen-bond acceptors (Lipinski definition) is 7. The van der Waals surface area contributed by atoms with E-state index in [2.05, 4.69) is 27.2 Å². The number of aryl methyl sites for hydroxylation is 1. The molecule has 2 aromatic rings. The molecule has 2 aliphatic carbocycles. The largest absolute Gasteiger partial charge is 0.419 e. The topological polar surface area (TPSA) is 95.4 Å². The summed E-state index contributed by atoms with van der Waals surface area (Å²) >= 11 is 0. The average Bonchev–Trinajstić information content (AvgIpc) is 2.88. The number of rotatable bonds is 5. The lowest BCUT2D eigenvalue weighted by Crippen LogP contribution is -2.50. The standard InChI is InChI=1S/C28H34F6N4O3S/c1-17-12-19(42(40,41)20-14-25(15-20)8-10-38(2)11-9-25)5-6-22(17)36-24-35-16-21(27(29,30)31)23(37-24)18-4-3-7-26(39,13-18)28(32,33)34/h5-6,12,16,18,20,39H,3-4,7-11,13-15H2,1-2H3,(H,35,36,37). The fraction of sp³-hybridized carbons (Fsp3) is 0.643. The van der Waals surface area contributed by atoms with Gasteiger partial charge in [0.15, 0.2) is 15.4 Å². The highest BCUT2D eigenvalue weighted by Gasteiger charge is 2.56. The first-order valence-corrected chi connectivity index (χ1v) is 15.5. The van der Waals surface area contributed by atoms with Crippen molar-refractivity contribution in [3.05, 3.63) is 41.2 Å². The lowest BCUT2D eigenvalue weighted by molar-refractivity contribution is -0.271. The smallest absolute Gasteiger partial charge is 0.380 e. The zero-order chi connectivity index (χ0) is 30.7. The third-order valence-electron chi connectivity index (χ3n) is 9.35. The van der Waals surface area contributed by atoms with Gasteiger partial charge in [-0.25, -0.2) is 18.4 Å². The summed E-state index contributed by atoms with van der Waals surface area (Å²) in [5.41, 5.74) is -4.08. The predicted molar refractivity (Wildman–Crippen MR) is 143 cm³/mol. The Kier molecular flexibility index (Phi) is 7.83. The molecule has 14 heteroatoms. The van der Waals surface area contributed by atoms with E-state index in [0.29, 0.717) is 30.3 Å². The lowest BCUT2D eigenvalue weighted by Gasteiger charge is -2.51. The maximum Gasteiger partial charge on any atom is 0.419 e. The molecule has 0 amide bonds. The van der Waals surface area contributed by atoms with E-state index in [0.717, 1.165) is 25.9 Å². The van der Waals surface area contributed by atoms with Gasteiger partial charge in [-0.2, -0.15) is 26.3 Å². The molecule has 1 saturated heterocycles. The quantitative estimate of drug-likeness (QED) is 0.388. The van der Waals surface area contributed by atoms with Gasteiger partial charge in [-0.15, -0.1) is 0 Å². The normalized spacial score (nSPS) is 25.8. The third kappa shape index (κ3) is 5.86. The van der Waals surface area contributed by atoms with E-state index in [1.807, 2.05) is 0 Å². The Bertz CT molecular complexity index is 1430. The summed E-state index contributed by atoms with van der Waals surface area (Å²) in [5, 5.41) is 12.5. The fourth-order valence-electron chi connectivity index (χ4n) is 6.62. The highest BCUT2D eigenvalue weighted by atomic mass is 32.2. The third-order valence-corrected chi connectivity index (χ3v) is 11.5. The van der Waals surface area contributed by atoms with E-state index < -0.39 is 63.1 Å². The molecule has 2 unspecified atom stereocenters. The van der Waals surface area contributed by atoms with Gasteiger partial charge in [-0.1, -0.05) is 0 Å². The molecule has 7 nitrogen and oxygen atoms in total. The molecule has 3 fully saturated rings. The average molecular weight is 621 g/mol. The van der Waals surface area contributed by atoms with Crippen LogP contribution in [0.15, 0.2) is 29.3 Å². The molecule has 3 aliphatic rings. The van der Waals surface area contributed by atoms with Crippen LogP contribution in [0, 0.1) is 12.3 Å². The van der Waals surface area contributed by atoms with Crippen LogP contribution in [0.1, 0.15) is 74.1 Å². The van der Waals surface area contributed by atoms with Crippen LogP contribution < -0.4 is 5.32 Å². The number of halogens is 6. The van der Waals surface area contributed by atoms with Crippen LogP contribution in [-0.2, 0) is 16.0 Å². The van der Waals surface area contributed by atoms with Crippen LogP contribution in [0.5, 0.6) is 0 Å². The number of hydrogen-bond donors (Lipinski definition) is 2. The van der Waals surface area contributed by atoms with Crippen LogP contribution in [0.2, 0.25) is 0 Å². The molecule has 2 N–H and O–H groups in total. The number of nitrogens with zero attached hydrogens (tertiary/aromatic N) is 3. The van der Waals surface area contributed by atoms with Crippen molar-refractivity contribution in [1.29, 1.82) is 0 Å². The molecule has 232 valence electrons. The Labute approximate surface area is 240 Å². The molecule has 0 bridgehead atoms. The van der Waals surface area contributed by atoms with E-state index in [9.17, 15) is 39.9 Å². The summed E-state index contributed by atoms with van der Waals surface area (Å²) in [5.74, 6) is -1.57. The van der Waals surface area contributed by atoms with Crippen molar-refractivity contribution >= 4 is 21.5 Å². The van der Waals surface area contributed by atoms with E-state index in [1.54, 1.807) is 6.92 Å². The summed E-state index contributed by atoms with van der Waals surface area (Å²) < 4.78 is 109. The Morgan fingerprint density at radius 1 is 1.05 bits per heavy atom. The molecule has 2 atom stereocenters. The van der Waals surface area contributed by atoms with Gasteiger partial charge in [-0.05, 0) is 108 Å². The number of likely N-dealkylation sites (tertiary alicyclic amines) is 1. The molecule has 1 spiro atoms. The van der Waals surface area contributed by atoms with E-state index >= 15 is 0 Å². The summed E-state index contributed by atoms with van der Waals surface area (Å²) in [6, 6.07) is 4.41. The zero-order valence-electron chi connectivity index (χ0n) is 23.3. The van der Waals surface area contributed by atoms with Crippen LogP contribution in [0.3, 0.4) is 0 Å². The Balaban J connectivity index is 1.36. The van der Waals surface area contributed by atoms with Gasteiger partial charge in [0.05, 0.1) is 21.4 Å². The van der Waals surface area contributed by atoms with Crippen LogP contribution in [0.25, 0.3) is 0 Å². The second kappa shape index (κ2) is 10.6. The molecule has 1 aliphatic heterocycles. The van der Waals surface area contributed by atoms with Crippen molar-refractivity contribution < 1.29 is 39.9 Å². The fourth-order valence-corrected chi connectivity index (χ4v) is 8.75. The molecular formula is C28H34F6N4O3S. The van der Waals surface area contributed by atoms with Gasteiger partial charge in [-0.3, -0.25) is 0 Å². The number of benzene rings is 1. The van der Waals surface area contributed by atoms with E-state index in [1.165, 1.54) is 18.2 Å². The van der Waals surface area contributed by atoms with E-state index in [4.69, 9.17) is 0 Å². The Morgan fingerprint density at radius 2 is 1.71 bits per heavy atom. The van der Waals surface area contributed by atoms with Crippen molar-refractivity contribution in [2.75, 3.05) is 25.5 Å². The first-order chi connectivity index (χ1) is 19.4. The second-order valence-corrected chi connectivity index (χ2v) is 14.5. The van der Waals surface area contributed by atoms with Crippen molar-refractivity contribution in [2.45, 2.75) is 92.3 Å². The lowest BCUT2D eigenvalue weighted by atomic mass is 9.63. The summed E-state index contributed by atoms with van der Waals surface area (Å²) in [4.78, 5) is 10.1. The summed E-state index contributed by atoms with van der Waals surface area (Å²) in [7, 11) is -1.53. The van der Waals surface area contributed by atoms with Crippen LogP contribution >= 0.6 is 0 Å². The zero-order valence-corrected chi connectivity index (χ0v) is 24.1. The number of nitrogens with one attached hydrogen (secondary N) is 1. The maximum atomic E-state index is 13.8. The van der Waals surface area contributed by atoms with Crippen LogP contribution in [0.4, 0.5) is 38.0 Å². The monoisotopic (exact) mass is 620 g/mol. The minimum Gasteiger partial charge on any atom is -0.380 e. The molecule has 2 heterocycles. The Morgan fingerprint density at radius 3 is 2.31 bits per heavy atom. The molecule has 5 rings (SSSR count). The van der Waals surface area contributed by atoms with Crippen molar-refractivity contribution in [2.24, 2.45) is 5.41 Å². The molecule has 0 radical (unpaired) electrons. The molecule has 1 aromatic carbocycles. The number of piperidine rings is 1. The molecule has 1 aromatic heterocycles. The number of anilines is 2. The summed E-state index contributed by atoms with van der Waals surface area (Å²) in [6.07, 6.45) is -7.88.